The maximum Gasteiger partial charge on any atom is 0.243 e. The number of piperidine rings is 1. The Balaban J connectivity index is 1.63. The molecule has 1 aromatic carbocycles. The Hall–Kier alpha value is -2.70. The Morgan fingerprint density at radius 3 is 2.68 bits per heavy atom. The van der Waals surface area contributed by atoms with Gasteiger partial charge in [0.25, 0.3) is 0 Å². The molecular formula is C22H29N5O3S. The minimum Gasteiger partial charge on any atom is -0.326 e. The van der Waals surface area contributed by atoms with Gasteiger partial charge in [-0.15, -0.1) is 0 Å². The Kier molecular flexibility index (Phi) is 7.46. The van der Waals surface area contributed by atoms with Crippen molar-refractivity contribution < 1.29 is 13.2 Å². The zero-order valence-electron chi connectivity index (χ0n) is 18.1. The van der Waals surface area contributed by atoms with E-state index in [2.05, 4.69) is 16.5 Å². The van der Waals surface area contributed by atoms with Crippen molar-refractivity contribution in [2.45, 2.75) is 63.8 Å². The number of nitrogens with zero attached hydrogens (tertiary/aromatic N) is 4. The van der Waals surface area contributed by atoms with Crippen LogP contribution in [0, 0.1) is 25.2 Å². The maximum absolute atomic E-state index is 12.9. The topological polar surface area (TPSA) is 108 Å². The lowest BCUT2D eigenvalue weighted by molar-refractivity contribution is -0.116. The van der Waals surface area contributed by atoms with Crippen LogP contribution in [0.5, 0.6) is 0 Å². The number of aryl methyl sites for hydroxylation is 2. The van der Waals surface area contributed by atoms with Gasteiger partial charge in [0.1, 0.15) is 0 Å². The van der Waals surface area contributed by atoms with Crippen molar-refractivity contribution in [3.63, 3.8) is 0 Å². The van der Waals surface area contributed by atoms with E-state index in [1.165, 1.54) is 10.4 Å². The molecule has 0 saturated carbocycles. The van der Waals surface area contributed by atoms with E-state index in [0.29, 0.717) is 38.2 Å². The van der Waals surface area contributed by atoms with Crippen LogP contribution in [-0.2, 0) is 27.8 Å². The van der Waals surface area contributed by atoms with E-state index in [0.717, 1.165) is 36.2 Å². The van der Waals surface area contributed by atoms with Gasteiger partial charge in [0.2, 0.25) is 15.9 Å². The molecule has 1 aromatic heterocycles. The Morgan fingerprint density at radius 1 is 1.23 bits per heavy atom. The van der Waals surface area contributed by atoms with Crippen LogP contribution in [0.25, 0.3) is 0 Å². The molecule has 1 amide bonds. The van der Waals surface area contributed by atoms with Gasteiger partial charge in [-0.1, -0.05) is 12.5 Å². The smallest absolute Gasteiger partial charge is 0.243 e. The number of carbonyl (C=O) groups excluding carboxylic acids is 1. The van der Waals surface area contributed by atoms with Gasteiger partial charge in [-0.2, -0.15) is 14.7 Å². The van der Waals surface area contributed by atoms with E-state index in [1.807, 2.05) is 13.8 Å². The van der Waals surface area contributed by atoms with Crippen molar-refractivity contribution in [2.75, 3.05) is 18.4 Å². The molecule has 1 aliphatic heterocycles. The SMILES string of the molecule is Cc1nn(CCC#N)c(C)c1CCC(=O)Nc1cccc(S(=O)(=O)N2CCCCC2)c1. The first-order valence-corrected chi connectivity index (χ1v) is 12.1. The van der Waals surface area contributed by atoms with Crippen LogP contribution in [-0.4, -0.2) is 41.5 Å². The normalized spacial score (nSPS) is 14.9. The minimum absolute atomic E-state index is 0.184. The summed E-state index contributed by atoms with van der Waals surface area (Å²) in [5.74, 6) is -0.184. The summed E-state index contributed by atoms with van der Waals surface area (Å²) in [5.41, 5.74) is 3.31. The molecule has 1 saturated heterocycles. The summed E-state index contributed by atoms with van der Waals surface area (Å²) >= 11 is 0. The number of anilines is 1. The zero-order chi connectivity index (χ0) is 22.4. The van der Waals surface area contributed by atoms with Crippen molar-refractivity contribution in [1.29, 1.82) is 5.26 Å². The van der Waals surface area contributed by atoms with Gasteiger partial charge in [0, 0.05) is 30.9 Å². The van der Waals surface area contributed by atoms with Crippen LogP contribution in [0.15, 0.2) is 29.2 Å². The number of rotatable bonds is 8. The maximum atomic E-state index is 12.9. The summed E-state index contributed by atoms with van der Waals surface area (Å²) in [6, 6.07) is 8.56. The van der Waals surface area contributed by atoms with Gasteiger partial charge in [-0.05, 0) is 56.9 Å². The molecular weight excluding hydrogens is 414 g/mol. The quantitative estimate of drug-likeness (QED) is 0.674. The lowest BCUT2D eigenvalue weighted by Crippen LogP contribution is -2.35. The van der Waals surface area contributed by atoms with Gasteiger partial charge in [0.15, 0.2) is 0 Å². The summed E-state index contributed by atoms with van der Waals surface area (Å²) in [7, 11) is -3.54. The fourth-order valence-electron chi connectivity index (χ4n) is 3.92. The highest BCUT2D eigenvalue weighted by molar-refractivity contribution is 7.89. The van der Waals surface area contributed by atoms with Crippen molar-refractivity contribution in [3.05, 3.63) is 41.2 Å². The highest BCUT2D eigenvalue weighted by Crippen LogP contribution is 2.23. The molecule has 1 N–H and O–H groups in total. The molecule has 0 aliphatic carbocycles. The first-order valence-electron chi connectivity index (χ1n) is 10.6. The van der Waals surface area contributed by atoms with E-state index < -0.39 is 10.0 Å². The summed E-state index contributed by atoms with van der Waals surface area (Å²) < 4.78 is 29.1. The fraction of sp³-hybridized carbons (Fsp3) is 0.500. The van der Waals surface area contributed by atoms with E-state index in [4.69, 9.17) is 5.26 Å². The second-order valence-electron chi connectivity index (χ2n) is 7.82. The molecule has 8 nitrogen and oxygen atoms in total. The van der Waals surface area contributed by atoms with E-state index >= 15 is 0 Å². The Morgan fingerprint density at radius 2 is 1.97 bits per heavy atom. The van der Waals surface area contributed by atoms with Crippen molar-refractivity contribution in [2.24, 2.45) is 0 Å². The fourth-order valence-corrected chi connectivity index (χ4v) is 5.48. The number of hydrogen-bond donors (Lipinski definition) is 1. The molecule has 2 aromatic rings. The Bertz CT molecular complexity index is 1080. The highest BCUT2D eigenvalue weighted by atomic mass is 32.2. The van der Waals surface area contributed by atoms with Gasteiger partial charge >= 0.3 is 0 Å². The van der Waals surface area contributed by atoms with Crippen LogP contribution >= 0.6 is 0 Å². The van der Waals surface area contributed by atoms with Crippen molar-refractivity contribution in [3.8, 4) is 6.07 Å². The van der Waals surface area contributed by atoms with E-state index in [9.17, 15) is 13.2 Å². The van der Waals surface area contributed by atoms with Gasteiger partial charge < -0.3 is 5.32 Å². The zero-order valence-corrected chi connectivity index (χ0v) is 18.9. The van der Waals surface area contributed by atoms with Crippen LogP contribution in [0.2, 0.25) is 0 Å². The molecule has 31 heavy (non-hydrogen) atoms. The van der Waals surface area contributed by atoms with Crippen LogP contribution in [0.1, 0.15) is 49.1 Å². The predicted octanol–water partition coefficient (Wildman–Crippen LogP) is 3.16. The van der Waals surface area contributed by atoms with Gasteiger partial charge in [-0.25, -0.2) is 8.42 Å². The third kappa shape index (κ3) is 5.51. The number of aromatic nitrogens is 2. The molecule has 1 fully saturated rings. The minimum atomic E-state index is -3.54. The summed E-state index contributed by atoms with van der Waals surface area (Å²) in [5, 5.41) is 16.0. The average molecular weight is 444 g/mol. The van der Waals surface area contributed by atoms with Crippen molar-refractivity contribution in [1.82, 2.24) is 14.1 Å². The van der Waals surface area contributed by atoms with Gasteiger partial charge in [-0.3, -0.25) is 9.48 Å². The van der Waals surface area contributed by atoms with Crippen molar-refractivity contribution >= 4 is 21.6 Å². The molecule has 0 radical (unpaired) electrons. The highest BCUT2D eigenvalue weighted by Gasteiger charge is 2.26. The summed E-state index contributed by atoms with van der Waals surface area (Å²) in [6.07, 6.45) is 3.98. The van der Waals surface area contributed by atoms with Gasteiger partial charge in [0.05, 0.1) is 29.6 Å². The number of carbonyl (C=O) groups is 1. The second-order valence-corrected chi connectivity index (χ2v) is 9.76. The molecule has 0 spiro atoms. The molecule has 166 valence electrons. The lowest BCUT2D eigenvalue weighted by Gasteiger charge is -2.26. The molecule has 0 atom stereocenters. The number of nitrogens with one attached hydrogen (secondary N) is 1. The largest absolute Gasteiger partial charge is 0.326 e. The number of hydrogen-bond acceptors (Lipinski definition) is 5. The number of sulfonamides is 1. The third-order valence-corrected chi connectivity index (χ3v) is 7.53. The molecule has 3 rings (SSSR count). The molecule has 2 heterocycles. The monoisotopic (exact) mass is 443 g/mol. The molecule has 0 bridgehead atoms. The molecule has 0 unspecified atom stereocenters. The standard InChI is InChI=1S/C22H29N5O3S/c1-17-21(18(2)27(25-17)15-7-12-23)10-11-22(28)24-19-8-6-9-20(16-19)31(29,30)26-13-4-3-5-14-26/h6,8-9,16H,3-5,7,10-11,13-15H2,1-2H3,(H,24,28). The number of benzene rings is 1. The molecule has 9 heteroatoms. The Labute approximate surface area is 183 Å². The number of amides is 1. The summed E-state index contributed by atoms with van der Waals surface area (Å²) in [4.78, 5) is 12.7. The third-order valence-electron chi connectivity index (χ3n) is 5.64. The summed E-state index contributed by atoms with van der Waals surface area (Å²) in [6.45, 7) is 5.46. The van der Waals surface area contributed by atoms with Crippen LogP contribution < -0.4 is 5.32 Å². The number of nitriles is 1. The van der Waals surface area contributed by atoms with Crippen LogP contribution in [0.3, 0.4) is 0 Å². The average Bonchev–Trinajstić information content (AvgIpc) is 3.04. The first-order chi connectivity index (χ1) is 14.8. The lowest BCUT2D eigenvalue weighted by atomic mass is 10.1. The van der Waals surface area contributed by atoms with E-state index in [1.54, 1.807) is 22.9 Å². The first kappa shape index (κ1) is 23.0. The predicted molar refractivity (Wildman–Crippen MR) is 118 cm³/mol. The van der Waals surface area contributed by atoms with Crippen LogP contribution in [0.4, 0.5) is 5.69 Å². The second kappa shape index (κ2) is 10.1. The van der Waals surface area contributed by atoms with E-state index in [-0.39, 0.29) is 17.2 Å². The molecule has 1 aliphatic rings.